The minimum absolute atomic E-state index is 0. The average molecular weight is 457 g/mol. The Kier molecular flexibility index (Phi) is 8.00. The largest absolute Gasteiger partial charge is 0.379 e. The minimum Gasteiger partial charge on any atom is -0.379 e. The number of hydrogen-bond donors (Lipinski definition) is 1. The second-order valence-electron chi connectivity index (χ2n) is 7.34. The van der Waals surface area contributed by atoms with E-state index in [4.69, 9.17) is 4.74 Å². The van der Waals surface area contributed by atoms with Gasteiger partial charge in [-0.05, 0) is 37.2 Å². The molecule has 0 radical (unpaired) electrons. The Balaban J connectivity index is 0.00000225. The highest BCUT2D eigenvalue weighted by Crippen LogP contribution is 2.43. The van der Waals surface area contributed by atoms with E-state index in [9.17, 15) is 0 Å². The number of likely N-dealkylation sites (N-methyl/N-ethyl adjacent to an activating group) is 1. The third-order valence-corrected chi connectivity index (χ3v) is 5.48. The molecule has 0 atom stereocenters. The predicted octanol–water partition coefficient (Wildman–Crippen LogP) is 3.66. The molecule has 2 aliphatic carbocycles. The molecule has 1 N–H and O–H groups in total. The standard InChI is InChI=1S/C20H31N3O.HI/c1-21-19(23(2)13-14-24-15-17-9-10-17)22-16-20(11-6-12-20)18-7-4-3-5-8-18;/h3-5,7-8,17H,6,9-16H2,1-2H3,(H,21,22);1H. The SMILES string of the molecule is CN=C(NCC1(c2ccccc2)CCC1)N(C)CCOCC1CC1.I. The zero-order valence-electron chi connectivity index (χ0n) is 15.5. The third-order valence-electron chi connectivity index (χ3n) is 5.48. The van der Waals surface area contributed by atoms with Crippen molar-refractivity contribution in [3.63, 3.8) is 0 Å². The van der Waals surface area contributed by atoms with Gasteiger partial charge in [-0.2, -0.15) is 0 Å². The van der Waals surface area contributed by atoms with Crippen molar-refractivity contribution in [1.29, 1.82) is 0 Å². The molecule has 2 aliphatic rings. The molecule has 2 fully saturated rings. The summed E-state index contributed by atoms with van der Waals surface area (Å²) >= 11 is 0. The molecule has 0 saturated heterocycles. The van der Waals surface area contributed by atoms with Gasteiger partial charge < -0.3 is 15.0 Å². The van der Waals surface area contributed by atoms with E-state index in [-0.39, 0.29) is 29.4 Å². The molecule has 140 valence electrons. The van der Waals surface area contributed by atoms with Gasteiger partial charge in [-0.25, -0.2) is 0 Å². The van der Waals surface area contributed by atoms with E-state index in [1.165, 1.54) is 37.7 Å². The Labute approximate surface area is 169 Å². The van der Waals surface area contributed by atoms with E-state index in [2.05, 4.69) is 52.6 Å². The lowest BCUT2D eigenvalue weighted by molar-refractivity contribution is 0.115. The van der Waals surface area contributed by atoms with Gasteiger partial charge >= 0.3 is 0 Å². The van der Waals surface area contributed by atoms with Gasteiger partial charge in [-0.15, -0.1) is 24.0 Å². The molecule has 0 unspecified atom stereocenters. The first-order chi connectivity index (χ1) is 11.7. The molecular formula is C20H32IN3O. The summed E-state index contributed by atoms with van der Waals surface area (Å²) in [5.41, 5.74) is 1.73. The van der Waals surface area contributed by atoms with Crippen LogP contribution in [0.15, 0.2) is 35.3 Å². The lowest BCUT2D eigenvalue weighted by atomic mass is 9.64. The van der Waals surface area contributed by atoms with Crippen molar-refractivity contribution in [2.75, 3.05) is 40.4 Å². The van der Waals surface area contributed by atoms with Gasteiger partial charge in [0.2, 0.25) is 0 Å². The van der Waals surface area contributed by atoms with Crippen LogP contribution in [0, 0.1) is 5.92 Å². The summed E-state index contributed by atoms with van der Waals surface area (Å²) in [5, 5.41) is 3.59. The quantitative estimate of drug-likeness (QED) is 0.280. The van der Waals surface area contributed by atoms with Crippen LogP contribution in [-0.4, -0.2) is 51.3 Å². The van der Waals surface area contributed by atoms with Crippen LogP contribution >= 0.6 is 24.0 Å². The molecule has 0 heterocycles. The fraction of sp³-hybridized carbons (Fsp3) is 0.650. The molecule has 1 aromatic carbocycles. The maximum absolute atomic E-state index is 5.75. The van der Waals surface area contributed by atoms with Crippen molar-refractivity contribution in [2.45, 2.75) is 37.5 Å². The molecule has 5 heteroatoms. The van der Waals surface area contributed by atoms with Gasteiger partial charge in [-0.3, -0.25) is 4.99 Å². The molecule has 25 heavy (non-hydrogen) atoms. The van der Waals surface area contributed by atoms with Crippen molar-refractivity contribution in [3.8, 4) is 0 Å². The van der Waals surface area contributed by atoms with E-state index in [0.717, 1.165) is 38.2 Å². The first kappa shape index (κ1) is 20.5. The Morgan fingerprint density at radius 1 is 1.28 bits per heavy atom. The third kappa shape index (κ3) is 5.58. The lowest BCUT2D eigenvalue weighted by Crippen LogP contribution is -2.49. The average Bonchev–Trinajstić information content (AvgIpc) is 3.39. The highest BCUT2D eigenvalue weighted by Gasteiger charge is 2.38. The number of nitrogens with one attached hydrogen (secondary N) is 1. The number of nitrogens with zero attached hydrogens (tertiary/aromatic N) is 2. The van der Waals surface area contributed by atoms with Crippen LogP contribution in [0.3, 0.4) is 0 Å². The fourth-order valence-electron chi connectivity index (χ4n) is 3.44. The molecule has 3 rings (SSSR count). The van der Waals surface area contributed by atoms with Crippen molar-refractivity contribution >= 4 is 29.9 Å². The number of guanidine groups is 1. The second kappa shape index (κ2) is 9.76. The van der Waals surface area contributed by atoms with E-state index in [1.807, 2.05) is 7.05 Å². The van der Waals surface area contributed by atoms with E-state index < -0.39 is 0 Å². The topological polar surface area (TPSA) is 36.9 Å². The first-order valence-corrected chi connectivity index (χ1v) is 9.28. The van der Waals surface area contributed by atoms with Crippen LogP contribution in [0.25, 0.3) is 0 Å². The van der Waals surface area contributed by atoms with Crippen LogP contribution < -0.4 is 5.32 Å². The number of aliphatic imine (C=N–C) groups is 1. The summed E-state index contributed by atoms with van der Waals surface area (Å²) in [6, 6.07) is 10.9. The van der Waals surface area contributed by atoms with Gasteiger partial charge in [0.05, 0.1) is 6.61 Å². The number of rotatable bonds is 8. The van der Waals surface area contributed by atoms with E-state index in [1.54, 1.807) is 0 Å². The van der Waals surface area contributed by atoms with Gasteiger partial charge in [0.15, 0.2) is 5.96 Å². The van der Waals surface area contributed by atoms with Gasteiger partial charge in [0.25, 0.3) is 0 Å². The summed E-state index contributed by atoms with van der Waals surface area (Å²) in [6.07, 6.45) is 6.53. The summed E-state index contributed by atoms with van der Waals surface area (Å²) in [5.74, 6) is 1.80. The van der Waals surface area contributed by atoms with Crippen LogP contribution in [-0.2, 0) is 10.2 Å². The fourth-order valence-corrected chi connectivity index (χ4v) is 3.44. The van der Waals surface area contributed by atoms with Gasteiger partial charge in [-0.1, -0.05) is 36.8 Å². The number of ether oxygens (including phenoxy) is 1. The zero-order chi connectivity index (χ0) is 16.8. The summed E-state index contributed by atoms with van der Waals surface area (Å²) < 4.78 is 5.75. The van der Waals surface area contributed by atoms with E-state index >= 15 is 0 Å². The summed E-state index contributed by atoms with van der Waals surface area (Å²) in [4.78, 5) is 6.62. The van der Waals surface area contributed by atoms with Crippen LogP contribution in [0.2, 0.25) is 0 Å². The Morgan fingerprint density at radius 3 is 2.56 bits per heavy atom. The maximum atomic E-state index is 5.75. The first-order valence-electron chi connectivity index (χ1n) is 9.28. The van der Waals surface area contributed by atoms with Gasteiger partial charge in [0, 0.05) is 39.2 Å². The molecule has 0 aliphatic heterocycles. The van der Waals surface area contributed by atoms with Crippen molar-refractivity contribution in [1.82, 2.24) is 10.2 Å². The smallest absolute Gasteiger partial charge is 0.193 e. The van der Waals surface area contributed by atoms with Crippen LogP contribution in [0.1, 0.15) is 37.7 Å². The van der Waals surface area contributed by atoms with Crippen molar-refractivity contribution < 1.29 is 4.74 Å². The van der Waals surface area contributed by atoms with E-state index in [0.29, 0.717) is 0 Å². The molecule has 0 aromatic heterocycles. The molecule has 0 spiro atoms. The second-order valence-corrected chi connectivity index (χ2v) is 7.34. The molecule has 1 aromatic rings. The molecule has 2 saturated carbocycles. The molecule has 0 bridgehead atoms. The minimum atomic E-state index is 0. The predicted molar refractivity (Wildman–Crippen MR) is 115 cm³/mol. The van der Waals surface area contributed by atoms with Gasteiger partial charge in [0.1, 0.15) is 0 Å². The van der Waals surface area contributed by atoms with Crippen molar-refractivity contribution in [3.05, 3.63) is 35.9 Å². The maximum Gasteiger partial charge on any atom is 0.193 e. The molecule has 4 nitrogen and oxygen atoms in total. The highest BCUT2D eigenvalue weighted by atomic mass is 127. The zero-order valence-corrected chi connectivity index (χ0v) is 17.9. The highest BCUT2D eigenvalue weighted by molar-refractivity contribution is 14.0. The number of hydrogen-bond acceptors (Lipinski definition) is 2. The summed E-state index contributed by atoms with van der Waals surface area (Å²) in [6.45, 7) is 3.54. The normalized spacial score (nSPS) is 18.9. The number of halogens is 1. The molecule has 0 amide bonds. The monoisotopic (exact) mass is 457 g/mol. The Hall–Kier alpha value is -0.820. The van der Waals surface area contributed by atoms with Crippen LogP contribution in [0.4, 0.5) is 0 Å². The van der Waals surface area contributed by atoms with Crippen molar-refractivity contribution in [2.24, 2.45) is 10.9 Å². The number of benzene rings is 1. The Bertz CT molecular complexity index is 541. The Morgan fingerprint density at radius 2 is 2.00 bits per heavy atom. The molecular weight excluding hydrogens is 425 g/mol. The lowest BCUT2D eigenvalue weighted by Gasteiger charge is -2.43. The summed E-state index contributed by atoms with van der Waals surface area (Å²) in [7, 11) is 3.95. The van der Waals surface area contributed by atoms with Crippen LogP contribution in [0.5, 0.6) is 0 Å².